The van der Waals surface area contributed by atoms with Gasteiger partial charge in [-0.3, -0.25) is 0 Å². The lowest BCUT2D eigenvalue weighted by Crippen LogP contribution is -1.85. The molecule has 0 N–H and O–H groups in total. The summed E-state index contributed by atoms with van der Waals surface area (Å²) >= 11 is 9.20. The molecule has 0 atom stereocenters. The predicted molar refractivity (Wildman–Crippen MR) is 48.4 cm³/mol. The molecule has 1 aromatic rings. The third-order valence-corrected chi connectivity index (χ3v) is 2.81. The minimum Gasteiger partial charge on any atom is -0.493 e. The van der Waals surface area contributed by atoms with Gasteiger partial charge in [-0.05, 0) is 28.1 Å². The molecule has 0 saturated heterocycles. The average Bonchev–Trinajstić information content (AvgIpc) is 2.35. The highest BCUT2D eigenvalue weighted by atomic mass is 79.9. The quantitative estimate of drug-likeness (QED) is 0.672. The van der Waals surface area contributed by atoms with E-state index in [-0.39, 0.29) is 6.61 Å². The number of fused-ring (bicyclic) bond motifs is 1. The molecule has 0 bridgehead atoms. The first-order valence-corrected chi connectivity index (χ1v) is 4.31. The minimum atomic E-state index is -1.48. The molecule has 11 heavy (non-hydrogen) atoms. The van der Waals surface area contributed by atoms with E-state index in [4.69, 9.17) is 19.1 Å². The zero-order chi connectivity index (χ0) is 9.64. The average molecular weight is 236 g/mol. The van der Waals surface area contributed by atoms with Crippen LogP contribution in [0.3, 0.4) is 0 Å². The van der Waals surface area contributed by atoms with Crippen LogP contribution in [0.5, 0.6) is 5.75 Å². The van der Waals surface area contributed by atoms with E-state index in [9.17, 15) is 0 Å². The highest BCUT2D eigenvalue weighted by molar-refractivity contribution is 9.10. The fourth-order valence-electron chi connectivity index (χ4n) is 1.00. The summed E-state index contributed by atoms with van der Waals surface area (Å²) < 4.78 is 21.1. The Bertz CT molecular complexity index is 367. The molecule has 0 aliphatic carbocycles. The van der Waals surface area contributed by atoms with Gasteiger partial charge in [0.2, 0.25) is 0 Å². The largest absolute Gasteiger partial charge is 0.493 e. The molecule has 3 heteroatoms. The van der Waals surface area contributed by atoms with Crippen molar-refractivity contribution >= 4 is 27.5 Å². The number of hydrogen-bond acceptors (Lipinski definition) is 1. The van der Waals surface area contributed by atoms with Crippen molar-refractivity contribution in [2.45, 2.75) is 6.37 Å². The third kappa shape index (κ3) is 1.14. The van der Waals surface area contributed by atoms with Crippen LogP contribution >= 0.6 is 27.5 Å². The van der Waals surface area contributed by atoms with Crippen LogP contribution in [0.25, 0.3) is 0 Å². The van der Waals surface area contributed by atoms with Crippen molar-refractivity contribution in [3.63, 3.8) is 0 Å². The van der Waals surface area contributed by atoms with Gasteiger partial charge in [-0.1, -0.05) is 11.6 Å². The van der Waals surface area contributed by atoms with Crippen LogP contribution in [-0.2, 0) is 6.37 Å². The van der Waals surface area contributed by atoms with E-state index in [2.05, 4.69) is 15.9 Å². The monoisotopic (exact) mass is 234 g/mol. The summed E-state index contributed by atoms with van der Waals surface area (Å²) in [6.45, 7) is 0.0402. The molecule has 0 unspecified atom stereocenters. The van der Waals surface area contributed by atoms with Crippen LogP contribution in [0.15, 0.2) is 16.6 Å². The normalized spacial score (nSPS) is 21.6. The Morgan fingerprint density at radius 2 is 2.45 bits per heavy atom. The lowest BCUT2D eigenvalue weighted by atomic mass is 10.2. The van der Waals surface area contributed by atoms with Crippen molar-refractivity contribution in [1.82, 2.24) is 0 Å². The fraction of sp³-hybridized carbons (Fsp3) is 0.250. The number of benzene rings is 1. The summed E-state index contributed by atoms with van der Waals surface area (Å²) in [5.74, 6) is 0.540. The van der Waals surface area contributed by atoms with Gasteiger partial charge in [-0.25, -0.2) is 0 Å². The molecule has 0 radical (unpaired) electrons. The molecule has 0 aromatic heterocycles. The summed E-state index contributed by atoms with van der Waals surface area (Å²) in [6.07, 6.45) is -1.48. The Morgan fingerprint density at radius 3 is 3.27 bits per heavy atom. The summed E-state index contributed by atoms with van der Waals surface area (Å²) in [4.78, 5) is 0. The Hall–Kier alpha value is -0.210. The zero-order valence-corrected chi connectivity index (χ0v) is 7.87. The summed E-state index contributed by atoms with van der Waals surface area (Å²) in [5, 5.41) is 0.403. The maximum Gasteiger partial charge on any atom is 0.124 e. The number of rotatable bonds is 0. The number of hydrogen-bond donors (Lipinski definition) is 0. The van der Waals surface area contributed by atoms with Gasteiger partial charge >= 0.3 is 0 Å². The van der Waals surface area contributed by atoms with Gasteiger partial charge in [0.15, 0.2) is 0 Å². The first-order valence-electron chi connectivity index (χ1n) is 4.14. The smallest absolute Gasteiger partial charge is 0.124 e. The van der Waals surface area contributed by atoms with Crippen molar-refractivity contribution in [2.24, 2.45) is 0 Å². The number of halogens is 2. The highest BCUT2D eigenvalue weighted by Crippen LogP contribution is 2.36. The molecule has 0 spiro atoms. The molecule has 1 aliphatic heterocycles. The molecule has 2 rings (SSSR count). The van der Waals surface area contributed by atoms with E-state index in [1.807, 2.05) is 0 Å². The molecule has 1 aromatic carbocycles. The second kappa shape index (κ2) is 2.68. The molecule has 0 fully saturated rings. The van der Waals surface area contributed by atoms with Crippen LogP contribution < -0.4 is 4.74 Å². The van der Waals surface area contributed by atoms with E-state index in [0.717, 1.165) is 0 Å². The molecule has 1 nitrogen and oxygen atoms in total. The maximum absolute atomic E-state index is 7.64. The van der Waals surface area contributed by atoms with Gasteiger partial charge in [0, 0.05) is 19.2 Å². The molecule has 0 amide bonds. The van der Waals surface area contributed by atoms with Crippen molar-refractivity contribution in [3.8, 4) is 5.75 Å². The Morgan fingerprint density at radius 1 is 1.64 bits per heavy atom. The first-order chi connectivity index (χ1) is 6.02. The topological polar surface area (TPSA) is 9.23 Å². The lowest BCUT2D eigenvalue weighted by molar-refractivity contribution is 0.357. The lowest BCUT2D eigenvalue weighted by Gasteiger charge is -2.01. The molecule has 58 valence electrons. The Balaban J connectivity index is 2.68. The van der Waals surface area contributed by atoms with E-state index < -0.39 is 6.37 Å². The Kier molecular flexibility index (Phi) is 1.33. The zero-order valence-electron chi connectivity index (χ0n) is 7.53. The van der Waals surface area contributed by atoms with E-state index in [1.165, 1.54) is 0 Å². The van der Waals surface area contributed by atoms with Crippen LogP contribution in [0.1, 0.15) is 8.30 Å². The van der Waals surface area contributed by atoms with E-state index in [0.29, 0.717) is 20.8 Å². The summed E-state index contributed by atoms with van der Waals surface area (Å²) in [6, 6.07) is 3.47. The Labute approximate surface area is 81.2 Å². The summed E-state index contributed by atoms with van der Waals surface area (Å²) in [5.41, 5.74) is 0.448. The molecule has 0 saturated carbocycles. The maximum atomic E-state index is 7.64. The van der Waals surface area contributed by atoms with Gasteiger partial charge in [-0.15, -0.1) is 0 Å². The second-order valence-corrected chi connectivity index (χ2v) is 3.43. The minimum absolute atomic E-state index is 0.0402. The van der Waals surface area contributed by atoms with E-state index >= 15 is 0 Å². The van der Waals surface area contributed by atoms with Gasteiger partial charge in [-0.2, -0.15) is 0 Å². The van der Waals surface area contributed by atoms with Crippen molar-refractivity contribution in [2.75, 3.05) is 6.61 Å². The number of ether oxygens (including phenoxy) is 1. The molecule has 1 aliphatic rings. The fourth-order valence-corrected chi connectivity index (χ4v) is 1.56. The standard InChI is InChI=1S/C8H6BrClO/c9-6-1-2-7-5(8(6)10)3-4-11-7/h1-2H,3-4H2/i3D2. The van der Waals surface area contributed by atoms with Gasteiger partial charge in [0.05, 0.1) is 11.6 Å². The van der Waals surface area contributed by atoms with Crippen molar-refractivity contribution in [1.29, 1.82) is 0 Å². The summed E-state index contributed by atoms with van der Waals surface area (Å²) in [7, 11) is 0. The molecular weight excluding hydrogens is 227 g/mol. The van der Waals surface area contributed by atoms with Crippen LogP contribution in [0.2, 0.25) is 5.02 Å². The van der Waals surface area contributed by atoms with E-state index in [1.54, 1.807) is 12.1 Å². The second-order valence-electron chi connectivity index (χ2n) is 2.20. The predicted octanol–water partition coefficient (Wildman–Crippen LogP) is 3.04. The molecule has 1 heterocycles. The molecular formula is C8H6BrClO. The van der Waals surface area contributed by atoms with Crippen molar-refractivity contribution < 1.29 is 7.48 Å². The van der Waals surface area contributed by atoms with Crippen LogP contribution in [-0.4, -0.2) is 6.61 Å². The van der Waals surface area contributed by atoms with Gasteiger partial charge < -0.3 is 4.74 Å². The van der Waals surface area contributed by atoms with Crippen LogP contribution in [0, 0.1) is 0 Å². The van der Waals surface area contributed by atoms with Crippen molar-refractivity contribution in [3.05, 3.63) is 27.2 Å². The highest BCUT2D eigenvalue weighted by Gasteiger charge is 2.16. The first kappa shape index (κ1) is 5.44. The van der Waals surface area contributed by atoms with Gasteiger partial charge in [0.1, 0.15) is 5.75 Å². The van der Waals surface area contributed by atoms with Crippen LogP contribution in [0.4, 0.5) is 0 Å². The van der Waals surface area contributed by atoms with Gasteiger partial charge in [0.25, 0.3) is 0 Å². The SMILES string of the molecule is [2H]C1([2H])COc2ccc(Br)c(Cl)c21. The third-order valence-electron chi connectivity index (χ3n) is 1.53.